The average Bonchev–Trinajstić information content (AvgIpc) is 2.50. The molecular formula is C17H33FO2S. The fourth-order valence-electron chi connectivity index (χ4n) is 2.10. The van der Waals surface area contributed by atoms with Gasteiger partial charge in [-0.1, -0.05) is 52.4 Å². The lowest BCUT2D eigenvalue weighted by Gasteiger charge is -2.15. The molecule has 0 heterocycles. The summed E-state index contributed by atoms with van der Waals surface area (Å²) in [7, 11) is 0. The van der Waals surface area contributed by atoms with Crippen LogP contribution in [0, 0.1) is 0 Å². The normalized spacial score (nSPS) is 12.3. The molecule has 21 heavy (non-hydrogen) atoms. The Kier molecular flexibility index (Phi) is 15.9. The maximum Gasteiger partial charge on any atom is 0.319 e. The third-order valence-corrected chi connectivity index (χ3v) is 4.73. The second kappa shape index (κ2) is 16.1. The Morgan fingerprint density at radius 3 is 2.38 bits per heavy atom. The van der Waals surface area contributed by atoms with Gasteiger partial charge in [-0.05, 0) is 31.4 Å². The number of esters is 1. The molecule has 126 valence electrons. The maximum atomic E-state index is 12.0. The van der Waals surface area contributed by atoms with Gasteiger partial charge in [0.1, 0.15) is 5.25 Å². The number of thioether (sulfide) groups is 1. The minimum atomic E-state index is -0.197. The summed E-state index contributed by atoms with van der Waals surface area (Å²) in [5.41, 5.74) is 0. The number of hydrogen-bond donors (Lipinski definition) is 0. The van der Waals surface area contributed by atoms with Crippen LogP contribution >= 0.6 is 11.8 Å². The molecule has 1 atom stereocenters. The van der Waals surface area contributed by atoms with Gasteiger partial charge in [0.25, 0.3) is 0 Å². The van der Waals surface area contributed by atoms with Crippen molar-refractivity contribution in [3.63, 3.8) is 0 Å². The zero-order valence-corrected chi connectivity index (χ0v) is 14.7. The van der Waals surface area contributed by atoms with Crippen LogP contribution in [0.3, 0.4) is 0 Å². The van der Waals surface area contributed by atoms with Crippen LogP contribution in [0.1, 0.15) is 78.1 Å². The number of ether oxygens (including phenoxy) is 1. The van der Waals surface area contributed by atoms with E-state index in [1.165, 1.54) is 12.8 Å². The summed E-state index contributed by atoms with van der Waals surface area (Å²) < 4.78 is 17.2. The number of hydrogen-bond acceptors (Lipinski definition) is 3. The predicted octanol–water partition coefficient (Wildman–Crippen LogP) is 5.54. The highest BCUT2D eigenvalue weighted by Crippen LogP contribution is 2.21. The lowest BCUT2D eigenvalue weighted by Crippen LogP contribution is -2.21. The Bertz CT molecular complexity index is 237. The van der Waals surface area contributed by atoms with Gasteiger partial charge in [0.2, 0.25) is 0 Å². The van der Waals surface area contributed by atoms with Gasteiger partial charge in [0.15, 0.2) is 0 Å². The van der Waals surface area contributed by atoms with Gasteiger partial charge in [-0.2, -0.15) is 0 Å². The number of rotatable bonds is 15. The van der Waals surface area contributed by atoms with Crippen molar-refractivity contribution in [3.05, 3.63) is 0 Å². The minimum absolute atomic E-state index is 0.00828. The molecule has 0 N–H and O–H groups in total. The summed E-state index contributed by atoms with van der Waals surface area (Å²) in [6, 6.07) is 0. The SMILES string of the molecule is CCCCCC(SCCCCCCCF)C(=O)OCCC. The van der Waals surface area contributed by atoms with Crippen LogP contribution in [0.5, 0.6) is 0 Å². The molecule has 0 aromatic carbocycles. The molecule has 0 bridgehead atoms. The van der Waals surface area contributed by atoms with Crippen molar-refractivity contribution >= 4 is 17.7 Å². The highest BCUT2D eigenvalue weighted by molar-refractivity contribution is 8.00. The quantitative estimate of drug-likeness (QED) is 0.293. The van der Waals surface area contributed by atoms with Crippen LogP contribution < -0.4 is 0 Å². The zero-order chi connectivity index (χ0) is 15.8. The molecule has 0 aromatic rings. The van der Waals surface area contributed by atoms with Crippen molar-refractivity contribution in [2.75, 3.05) is 19.0 Å². The van der Waals surface area contributed by atoms with Gasteiger partial charge in [-0.25, -0.2) is 0 Å². The monoisotopic (exact) mass is 320 g/mol. The van der Waals surface area contributed by atoms with Crippen molar-refractivity contribution in [1.82, 2.24) is 0 Å². The molecule has 0 rings (SSSR count). The van der Waals surface area contributed by atoms with Crippen LogP contribution in [0.25, 0.3) is 0 Å². The van der Waals surface area contributed by atoms with Gasteiger partial charge >= 0.3 is 5.97 Å². The number of halogens is 1. The van der Waals surface area contributed by atoms with Gasteiger partial charge in [-0.15, -0.1) is 11.8 Å². The number of carbonyl (C=O) groups excluding carboxylic acids is 1. The number of alkyl halides is 1. The van der Waals surface area contributed by atoms with Crippen LogP contribution in [-0.4, -0.2) is 30.3 Å². The summed E-state index contributed by atoms with van der Waals surface area (Å²) >= 11 is 1.75. The molecular weight excluding hydrogens is 287 g/mol. The molecule has 0 fully saturated rings. The van der Waals surface area contributed by atoms with Crippen molar-refractivity contribution in [2.24, 2.45) is 0 Å². The summed E-state index contributed by atoms with van der Waals surface area (Å²) in [4.78, 5) is 12.0. The van der Waals surface area contributed by atoms with Crippen LogP contribution in [0.15, 0.2) is 0 Å². The molecule has 0 aliphatic rings. The van der Waals surface area contributed by atoms with E-state index in [-0.39, 0.29) is 17.9 Å². The van der Waals surface area contributed by atoms with Crippen LogP contribution in [0.4, 0.5) is 4.39 Å². The van der Waals surface area contributed by atoms with E-state index in [9.17, 15) is 9.18 Å². The molecule has 0 radical (unpaired) electrons. The largest absolute Gasteiger partial charge is 0.465 e. The van der Waals surface area contributed by atoms with Crippen LogP contribution in [0.2, 0.25) is 0 Å². The van der Waals surface area contributed by atoms with Crippen molar-refractivity contribution in [1.29, 1.82) is 0 Å². The number of carbonyl (C=O) groups is 1. The van der Waals surface area contributed by atoms with E-state index in [4.69, 9.17) is 4.74 Å². The molecule has 0 aliphatic carbocycles. The first-order valence-corrected chi connectivity index (χ1v) is 9.65. The highest BCUT2D eigenvalue weighted by Gasteiger charge is 2.19. The topological polar surface area (TPSA) is 26.3 Å². The van der Waals surface area contributed by atoms with E-state index in [1.807, 2.05) is 6.92 Å². The summed E-state index contributed by atoms with van der Waals surface area (Å²) in [6.07, 6.45) is 10.3. The van der Waals surface area contributed by atoms with E-state index >= 15 is 0 Å². The van der Waals surface area contributed by atoms with Crippen LogP contribution in [-0.2, 0) is 9.53 Å². The maximum absolute atomic E-state index is 12.0. The molecule has 4 heteroatoms. The highest BCUT2D eigenvalue weighted by atomic mass is 32.2. The number of unbranched alkanes of at least 4 members (excludes halogenated alkanes) is 6. The minimum Gasteiger partial charge on any atom is -0.465 e. The van der Waals surface area contributed by atoms with Crippen molar-refractivity contribution in [3.8, 4) is 0 Å². The van der Waals surface area contributed by atoms with E-state index < -0.39 is 0 Å². The van der Waals surface area contributed by atoms with Gasteiger partial charge < -0.3 is 4.74 Å². The molecule has 0 amide bonds. The van der Waals surface area contributed by atoms with E-state index in [2.05, 4.69) is 6.92 Å². The summed E-state index contributed by atoms with van der Waals surface area (Å²) in [5, 5.41) is 0.00828. The smallest absolute Gasteiger partial charge is 0.319 e. The third kappa shape index (κ3) is 13.2. The van der Waals surface area contributed by atoms with E-state index in [0.717, 1.165) is 50.7 Å². The molecule has 1 unspecified atom stereocenters. The van der Waals surface area contributed by atoms with Crippen molar-refractivity contribution < 1.29 is 13.9 Å². The Morgan fingerprint density at radius 1 is 1.00 bits per heavy atom. The van der Waals surface area contributed by atoms with Gasteiger partial charge in [0.05, 0.1) is 13.3 Å². The first kappa shape index (κ1) is 20.8. The standard InChI is InChI=1S/C17H33FO2S/c1-3-5-9-12-16(17(19)20-14-4-2)21-15-11-8-6-7-10-13-18/h16H,3-15H2,1-2H3. The van der Waals surface area contributed by atoms with Crippen molar-refractivity contribution in [2.45, 2.75) is 83.3 Å². The first-order valence-electron chi connectivity index (χ1n) is 8.60. The Balaban J connectivity index is 3.83. The fourth-order valence-corrected chi connectivity index (χ4v) is 3.29. The Morgan fingerprint density at radius 2 is 1.71 bits per heavy atom. The predicted molar refractivity (Wildman–Crippen MR) is 90.7 cm³/mol. The summed E-state index contributed by atoms with van der Waals surface area (Å²) in [6.45, 7) is 4.53. The lowest BCUT2D eigenvalue weighted by atomic mass is 10.1. The lowest BCUT2D eigenvalue weighted by molar-refractivity contribution is -0.143. The molecule has 0 saturated heterocycles. The summed E-state index contributed by atoms with van der Waals surface area (Å²) in [5.74, 6) is 0.976. The molecule has 0 aliphatic heterocycles. The second-order valence-corrected chi connectivity index (χ2v) is 6.79. The van der Waals surface area contributed by atoms with Gasteiger partial charge in [-0.3, -0.25) is 9.18 Å². The average molecular weight is 321 g/mol. The molecule has 0 aromatic heterocycles. The Labute approximate surface area is 134 Å². The first-order chi connectivity index (χ1) is 10.3. The van der Waals surface area contributed by atoms with E-state index in [0.29, 0.717) is 13.0 Å². The Hall–Kier alpha value is -0.250. The van der Waals surface area contributed by atoms with E-state index in [1.54, 1.807) is 11.8 Å². The second-order valence-electron chi connectivity index (χ2n) is 5.48. The molecule has 0 saturated carbocycles. The third-order valence-electron chi connectivity index (χ3n) is 3.38. The molecule has 2 nitrogen and oxygen atoms in total. The van der Waals surface area contributed by atoms with Gasteiger partial charge in [0, 0.05) is 0 Å². The zero-order valence-electron chi connectivity index (χ0n) is 13.9. The molecule has 0 spiro atoms. The fraction of sp³-hybridized carbons (Fsp3) is 0.941.